The summed E-state index contributed by atoms with van der Waals surface area (Å²) in [6, 6.07) is -0.342. The fraction of sp³-hybridized carbons (Fsp3) is 0.762. The summed E-state index contributed by atoms with van der Waals surface area (Å²) in [5, 5.41) is 10.3. The Balaban J connectivity index is 1.11. The summed E-state index contributed by atoms with van der Waals surface area (Å²) in [5.74, 6) is 2.60. The number of hydrogen-bond acceptors (Lipinski definition) is 5. The Morgan fingerprint density at radius 2 is 1.77 bits per heavy atom. The lowest BCUT2D eigenvalue weighted by Gasteiger charge is -2.32. The first kappa shape index (κ1) is 19.5. The minimum atomic E-state index is -0.715. The Morgan fingerprint density at radius 1 is 1.03 bits per heavy atom. The van der Waals surface area contributed by atoms with Crippen LogP contribution < -0.4 is 5.32 Å². The second kappa shape index (κ2) is 7.67. The smallest absolute Gasteiger partial charge is 0.325 e. The maximum absolute atomic E-state index is 12.8. The topological polar surface area (TPSA) is 111 Å². The number of hydrogen-bond donors (Lipinski definition) is 2. The van der Waals surface area contributed by atoms with Crippen LogP contribution in [0.25, 0.3) is 0 Å². The summed E-state index contributed by atoms with van der Waals surface area (Å²) in [6.07, 6.45) is 8.71. The first-order valence-corrected chi connectivity index (χ1v) is 11.4. The molecule has 0 atom stereocenters. The van der Waals surface area contributed by atoms with Gasteiger partial charge in [-0.15, -0.1) is 0 Å². The highest BCUT2D eigenvalue weighted by Crippen LogP contribution is 2.38. The van der Waals surface area contributed by atoms with Gasteiger partial charge in [0.05, 0.1) is 0 Å². The summed E-state index contributed by atoms with van der Waals surface area (Å²) in [4.78, 5) is 45.7. The van der Waals surface area contributed by atoms with E-state index in [2.05, 4.69) is 20.5 Å². The van der Waals surface area contributed by atoms with Crippen molar-refractivity contribution in [2.24, 2.45) is 0 Å². The maximum Gasteiger partial charge on any atom is 0.325 e. The van der Waals surface area contributed by atoms with Crippen molar-refractivity contribution in [3.8, 4) is 0 Å². The van der Waals surface area contributed by atoms with Gasteiger partial charge in [-0.2, -0.15) is 5.10 Å². The third-order valence-electron chi connectivity index (χ3n) is 7.20. The van der Waals surface area contributed by atoms with Crippen LogP contribution in [0.5, 0.6) is 0 Å². The highest BCUT2D eigenvalue weighted by molar-refractivity contribution is 6.07. The number of aromatic nitrogens is 3. The van der Waals surface area contributed by atoms with Gasteiger partial charge in [-0.05, 0) is 38.5 Å². The highest BCUT2D eigenvalue weighted by Gasteiger charge is 2.51. The molecule has 30 heavy (non-hydrogen) atoms. The number of likely N-dealkylation sites (tertiary alicyclic amines) is 1. The van der Waals surface area contributed by atoms with E-state index in [9.17, 15) is 14.4 Å². The van der Waals surface area contributed by atoms with E-state index in [1.54, 1.807) is 0 Å². The number of amides is 4. The maximum atomic E-state index is 12.8. The standard InChI is InChI=1S/C21H30N6O3/c28-16(8-13-27-19(29)21(23-20(27)30)9-2-1-3-10-21)26-11-6-15(7-12-26)18-22-17(24-25-18)14-4-5-14/h14-15H,1-13H2,(H,23,30)(H,22,24,25). The molecule has 3 heterocycles. The molecule has 2 aliphatic heterocycles. The number of carbonyl (C=O) groups excluding carboxylic acids is 3. The van der Waals surface area contributed by atoms with Crippen molar-refractivity contribution in [1.82, 2.24) is 30.3 Å². The van der Waals surface area contributed by atoms with Crippen molar-refractivity contribution in [2.45, 2.75) is 81.6 Å². The minimum Gasteiger partial charge on any atom is -0.343 e. The average Bonchev–Trinajstić information content (AvgIpc) is 3.45. The molecule has 2 aliphatic carbocycles. The second-order valence-corrected chi connectivity index (χ2v) is 9.29. The van der Waals surface area contributed by atoms with Gasteiger partial charge in [0.15, 0.2) is 5.82 Å². The van der Waals surface area contributed by atoms with Crippen LogP contribution >= 0.6 is 0 Å². The van der Waals surface area contributed by atoms with E-state index in [-0.39, 0.29) is 30.8 Å². The van der Waals surface area contributed by atoms with Gasteiger partial charge in [0.25, 0.3) is 5.91 Å². The Hall–Kier alpha value is -2.45. The molecule has 1 aromatic rings. The zero-order valence-corrected chi connectivity index (χ0v) is 17.4. The van der Waals surface area contributed by atoms with Crippen LogP contribution in [0.3, 0.4) is 0 Å². The number of carbonyl (C=O) groups is 3. The number of piperidine rings is 1. The number of nitrogens with zero attached hydrogens (tertiary/aromatic N) is 4. The summed E-state index contributed by atoms with van der Waals surface area (Å²) in [7, 11) is 0. The molecule has 1 aromatic heterocycles. The van der Waals surface area contributed by atoms with E-state index >= 15 is 0 Å². The third-order valence-corrected chi connectivity index (χ3v) is 7.20. The SMILES string of the molecule is O=C(CCN1C(=O)NC2(CCCCC2)C1=O)N1CCC(c2nc(C3CC3)n[nH]2)CC1. The van der Waals surface area contributed by atoms with Gasteiger partial charge in [-0.25, -0.2) is 9.78 Å². The largest absolute Gasteiger partial charge is 0.343 e. The molecule has 2 saturated carbocycles. The zero-order valence-electron chi connectivity index (χ0n) is 17.4. The summed E-state index contributed by atoms with van der Waals surface area (Å²) < 4.78 is 0. The first-order chi connectivity index (χ1) is 14.6. The molecule has 9 nitrogen and oxygen atoms in total. The molecule has 9 heteroatoms. The third kappa shape index (κ3) is 3.58. The monoisotopic (exact) mass is 414 g/mol. The van der Waals surface area contributed by atoms with E-state index in [0.717, 1.165) is 43.8 Å². The summed E-state index contributed by atoms with van der Waals surface area (Å²) in [6.45, 7) is 1.51. The number of aromatic amines is 1. The van der Waals surface area contributed by atoms with Gasteiger partial charge in [0.2, 0.25) is 5.91 Å². The predicted molar refractivity (Wildman–Crippen MR) is 108 cm³/mol. The molecule has 2 saturated heterocycles. The van der Waals surface area contributed by atoms with Gasteiger partial charge in [-0.1, -0.05) is 19.3 Å². The van der Waals surface area contributed by atoms with Gasteiger partial charge >= 0.3 is 6.03 Å². The number of imide groups is 1. The van der Waals surface area contributed by atoms with Crippen LogP contribution in [-0.4, -0.2) is 68.0 Å². The lowest BCUT2D eigenvalue weighted by molar-refractivity contribution is -0.134. The quantitative estimate of drug-likeness (QED) is 0.716. The normalized spacial score (nSPS) is 24.5. The molecular weight excluding hydrogens is 384 g/mol. The number of rotatable bonds is 5. The Labute approximate surface area is 176 Å². The summed E-state index contributed by atoms with van der Waals surface area (Å²) in [5.41, 5.74) is -0.715. The molecule has 0 aromatic carbocycles. The summed E-state index contributed by atoms with van der Waals surface area (Å²) >= 11 is 0. The molecule has 0 bridgehead atoms. The van der Waals surface area contributed by atoms with Crippen molar-refractivity contribution in [3.63, 3.8) is 0 Å². The van der Waals surface area contributed by atoms with Crippen molar-refractivity contribution in [2.75, 3.05) is 19.6 Å². The molecule has 0 radical (unpaired) electrons. The molecule has 4 amide bonds. The van der Waals surface area contributed by atoms with Crippen LogP contribution in [0.2, 0.25) is 0 Å². The molecule has 4 fully saturated rings. The Bertz CT molecular complexity index is 834. The van der Waals surface area contributed by atoms with E-state index in [1.807, 2.05) is 4.90 Å². The molecule has 0 unspecified atom stereocenters. The molecule has 1 spiro atoms. The fourth-order valence-corrected chi connectivity index (χ4v) is 5.14. The molecular formula is C21H30N6O3. The van der Waals surface area contributed by atoms with Crippen LogP contribution in [0, 0.1) is 0 Å². The van der Waals surface area contributed by atoms with Gasteiger partial charge < -0.3 is 10.2 Å². The second-order valence-electron chi connectivity index (χ2n) is 9.29. The number of nitrogens with one attached hydrogen (secondary N) is 2. The van der Waals surface area contributed by atoms with E-state index in [1.165, 1.54) is 17.7 Å². The molecule has 5 rings (SSSR count). The van der Waals surface area contributed by atoms with Gasteiger partial charge in [0, 0.05) is 37.9 Å². The lowest BCUT2D eigenvalue weighted by Crippen LogP contribution is -2.48. The van der Waals surface area contributed by atoms with E-state index in [0.29, 0.717) is 37.8 Å². The van der Waals surface area contributed by atoms with Gasteiger partial charge in [0.1, 0.15) is 11.4 Å². The van der Waals surface area contributed by atoms with Crippen LogP contribution in [0.4, 0.5) is 4.79 Å². The molecule has 2 N–H and O–H groups in total. The Morgan fingerprint density at radius 3 is 2.47 bits per heavy atom. The van der Waals surface area contributed by atoms with Crippen LogP contribution in [-0.2, 0) is 9.59 Å². The highest BCUT2D eigenvalue weighted by atomic mass is 16.2. The van der Waals surface area contributed by atoms with Crippen molar-refractivity contribution in [3.05, 3.63) is 11.6 Å². The predicted octanol–water partition coefficient (Wildman–Crippen LogP) is 2.03. The van der Waals surface area contributed by atoms with Gasteiger partial charge in [-0.3, -0.25) is 19.6 Å². The fourth-order valence-electron chi connectivity index (χ4n) is 5.14. The Kier molecular flexibility index (Phi) is 4.99. The van der Waals surface area contributed by atoms with Crippen LogP contribution in [0.15, 0.2) is 0 Å². The lowest BCUT2D eigenvalue weighted by atomic mass is 9.82. The van der Waals surface area contributed by atoms with Crippen LogP contribution in [0.1, 0.15) is 87.7 Å². The first-order valence-electron chi connectivity index (χ1n) is 11.4. The number of H-pyrrole nitrogens is 1. The van der Waals surface area contributed by atoms with Crippen molar-refractivity contribution >= 4 is 17.8 Å². The van der Waals surface area contributed by atoms with E-state index in [4.69, 9.17) is 0 Å². The molecule has 162 valence electrons. The molecule has 4 aliphatic rings. The van der Waals surface area contributed by atoms with Crippen molar-refractivity contribution < 1.29 is 14.4 Å². The average molecular weight is 415 g/mol. The number of urea groups is 1. The zero-order chi connectivity index (χ0) is 20.7. The van der Waals surface area contributed by atoms with Crippen molar-refractivity contribution in [1.29, 1.82) is 0 Å². The minimum absolute atomic E-state index is 0.00915. The van der Waals surface area contributed by atoms with E-state index < -0.39 is 5.54 Å².